The van der Waals surface area contributed by atoms with Crippen molar-refractivity contribution in [3.63, 3.8) is 0 Å². The van der Waals surface area contributed by atoms with Gasteiger partial charge in [0.25, 0.3) is 0 Å². The topological polar surface area (TPSA) is 38.9 Å². The van der Waals surface area contributed by atoms with Gasteiger partial charge >= 0.3 is 0 Å². The summed E-state index contributed by atoms with van der Waals surface area (Å²) in [5, 5.41) is 1.04. The summed E-state index contributed by atoms with van der Waals surface area (Å²) in [5.74, 6) is -0.261. The Hall–Kier alpha value is -2.26. The molecule has 20 heavy (non-hydrogen) atoms. The lowest BCUT2D eigenvalue weighted by atomic mass is 9.95. The average molecular weight is 266 g/mol. The zero-order valence-corrected chi connectivity index (χ0v) is 11.2. The average Bonchev–Trinajstić information content (AvgIpc) is 2.48. The van der Waals surface area contributed by atoms with Crippen LogP contribution in [-0.4, -0.2) is 4.98 Å². The maximum Gasteiger partial charge on any atom is 0.123 e. The van der Waals surface area contributed by atoms with E-state index in [1.165, 1.54) is 12.1 Å². The predicted octanol–water partition coefficient (Wildman–Crippen LogP) is 3.73. The van der Waals surface area contributed by atoms with Crippen molar-refractivity contribution in [3.8, 4) is 0 Å². The SMILES string of the molecule is Cc1ccc(F)cc1C(N)c1ccc2ncccc2c1. The van der Waals surface area contributed by atoms with E-state index >= 15 is 0 Å². The van der Waals surface area contributed by atoms with Crippen molar-refractivity contribution in [1.82, 2.24) is 4.98 Å². The summed E-state index contributed by atoms with van der Waals surface area (Å²) in [6, 6.07) is 14.2. The number of nitrogens with zero attached hydrogens (tertiary/aromatic N) is 1. The molecule has 0 fully saturated rings. The monoisotopic (exact) mass is 266 g/mol. The molecule has 1 heterocycles. The molecule has 0 saturated carbocycles. The van der Waals surface area contributed by atoms with E-state index in [-0.39, 0.29) is 11.9 Å². The van der Waals surface area contributed by atoms with Gasteiger partial charge in [0.2, 0.25) is 0 Å². The number of hydrogen-bond acceptors (Lipinski definition) is 2. The first-order valence-electron chi connectivity index (χ1n) is 6.51. The highest BCUT2D eigenvalue weighted by molar-refractivity contribution is 5.79. The highest BCUT2D eigenvalue weighted by atomic mass is 19.1. The number of aromatic nitrogens is 1. The molecular weight excluding hydrogens is 251 g/mol. The van der Waals surface area contributed by atoms with Crippen LogP contribution in [-0.2, 0) is 0 Å². The first-order chi connectivity index (χ1) is 9.65. The molecule has 100 valence electrons. The van der Waals surface area contributed by atoms with Crippen molar-refractivity contribution in [1.29, 1.82) is 0 Å². The van der Waals surface area contributed by atoms with E-state index in [1.54, 1.807) is 12.3 Å². The van der Waals surface area contributed by atoms with Crippen LogP contribution < -0.4 is 5.73 Å². The van der Waals surface area contributed by atoms with Crippen LogP contribution in [0.1, 0.15) is 22.7 Å². The molecule has 2 N–H and O–H groups in total. The van der Waals surface area contributed by atoms with E-state index in [0.29, 0.717) is 0 Å². The summed E-state index contributed by atoms with van der Waals surface area (Å²) in [5.41, 5.74) is 9.98. The highest BCUT2D eigenvalue weighted by Gasteiger charge is 2.13. The molecule has 3 heteroatoms. The first-order valence-corrected chi connectivity index (χ1v) is 6.51. The standard InChI is InChI=1S/C17H15FN2/c1-11-4-6-14(18)10-15(11)17(19)13-5-7-16-12(9-13)3-2-8-20-16/h2-10,17H,19H2,1H3. The molecule has 1 atom stereocenters. The van der Waals surface area contributed by atoms with Crippen LogP contribution in [0, 0.1) is 12.7 Å². The van der Waals surface area contributed by atoms with Gasteiger partial charge in [-0.25, -0.2) is 4.39 Å². The maximum absolute atomic E-state index is 13.4. The number of benzene rings is 2. The summed E-state index contributed by atoms with van der Waals surface area (Å²) >= 11 is 0. The fourth-order valence-corrected chi connectivity index (χ4v) is 2.41. The Bertz CT molecular complexity index is 768. The van der Waals surface area contributed by atoms with Crippen LogP contribution in [0.4, 0.5) is 4.39 Å². The van der Waals surface area contributed by atoms with Gasteiger partial charge < -0.3 is 5.73 Å². The molecule has 0 amide bonds. The lowest BCUT2D eigenvalue weighted by molar-refractivity contribution is 0.622. The molecule has 0 bridgehead atoms. The largest absolute Gasteiger partial charge is 0.320 e. The minimum absolute atomic E-state index is 0.261. The Morgan fingerprint density at radius 2 is 1.95 bits per heavy atom. The van der Waals surface area contributed by atoms with Gasteiger partial charge in [0.05, 0.1) is 11.6 Å². The molecule has 1 aromatic heterocycles. The second kappa shape index (κ2) is 5.02. The lowest BCUT2D eigenvalue weighted by Crippen LogP contribution is -2.13. The van der Waals surface area contributed by atoms with Gasteiger partial charge in [0, 0.05) is 11.6 Å². The van der Waals surface area contributed by atoms with Gasteiger partial charge in [-0.1, -0.05) is 18.2 Å². The van der Waals surface area contributed by atoms with Crippen molar-refractivity contribution in [2.24, 2.45) is 5.73 Å². The number of rotatable bonds is 2. The molecule has 2 aromatic carbocycles. The fourth-order valence-electron chi connectivity index (χ4n) is 2.41. The van der Waals surface area contributed by atoms with Crippen LogP contribution in [0.3, 0.4) is 0 Å². The number of pyridine rings is 1. The number of hydrogen-bond donors (Lipinski definition) is 1. The number of aryl methyl sites for hydroxylation is 1. The highest BCUT2D eigenvalue weighted by Crippen LogP contribution is 2.25. The number of fused-ring (bicyclic) bond motifs is 1. The number of nitrogens with two attached hydrogens (primary N) is 1. The summed E-state index contributed by atoms with van der Waals surface area (Å²) in [6.45, 7) is 1.94. The smallest absolute Gasteiger partial charge is 0.123 e. The molecule has 3 rings (SSSR count). The molecule has 0 saturated heterocycles. The Balaban J connectivity index is 2.07. The van der Waals surface area contributed by atoms with Crippen molar-refractivity contribution >= 4 is 10.9 Å². The van der Waals surface area contributed by atoms with E-state index in [9.17, 15) is 4.39 Å². The van der Waals surface area contributed by atoms with Gasteiger partial charge in [-0.3, -0.25) is 4.98 Å². The van der Waals surface area contributed by atoms with Gasteiger partial charge in [-0.15, -0.1) is 0 Å². The molecule has 0 aliphatic rings. The second-order valence-electron chi connectivity index (χ2n) is 4.93. The fraction of sp³-hybridized carbons (Fsp3) is 0.118. The van der Waals surface area contributed by atoms with Crippen molar-refractivity contribution in [2.75, 3.05) is 0 Å². The van der Waals surface area contributed by atoms with E-state index in [1.807, 2.05) is 37.3 Å². The van der Waals surface area contributed by atoms with Crippen LogP contribution in [0.25, 0.3) is 10.9 Å². The van der Waals surface area contributed by atoms with E-state index in [2.05, 4.69) is 4.98 Å². The van der Waals surface area contributed by atoms with Crippen LogP contribution in [0.15, 0.2) is 54.7 Å². The van der Waals surface area contributed by atoms with E-state index in [4.69, 9.17) is 5.73 Å². The summed E-state index contributed by atoms with van der Waals surface area (Å²) in [4.78, 5) is 4.29. The quantitative estimate of drug-likeness (QED) is 0.767. The normalized spacial score (nSPS) is 12.6. The second-order valence-corrected chi connectivity index (χ2v) is 4.93. The van der Waals surface area contributed by atoms with Crippen LogP contribution in [0.5, 0.6) is 0 Å². The van der Waals surface area contributed by atoms with Crippen molar-refractivity contribution in [2.45, 2.75) is 13.0 Å². The van der Waals surface area contributed by atoms with E-state index < -0.39 is 0 Å². The predicted molar refractivity (Wildman–Crippen MR) is 78.9 cm³/mol. The molecule has 0 aliphatic heterocycles. The molecular formula is C17H15FN2. The summed E-state index contributed by atoms with van der Waals surface area (Å²) < 4.78 is 13.4. The Labute approximate surface area is 117 Å². The van der Waals surface area contributed by atoms with E-state index in [0.717, 1.165) is 27.6 Å². The van der Waals surface area contributed by atoms with Gasteiger partial charge in [0.15, 0.2) is 0 Å². The van der Waals surface area contributed by atoms with Gasteiger partial charge in [-0.2, -0.15) is 0 Å². The Kier molecular flexibility index (Phi) is 3.20. The molecule has 0 spiro atoms. The third-order valence-electron chi connectivity index (χ3n) is 3.56. The Morgan fingerprint density at radius 1 is 1.10 bits per heavy atom. The minimum Gasteiger partial charge on any atom is -0.320 e. The summed E-state index contributed by atoms with van der Waals surface area (Å²) in [7, 11) is 0. The van der Waals surface area contributed by atoms with Crippen LogP contribution >= 0.6 is 0 Å². The number of halogens is 1. The zero-order valence-electron chi connectivity index (χ0n) is 11.2. The maximum atomic E-state index is 13.4. The zero-order chi connectivity index (χ0) is 14.1. The Morgan fingerprint density at radius 3 is 2.80 bits per heavy atom. The minimum atomic E-state index is -0.338. The van der Waals surface area contributed by atoms with Crippen LogP contribution in [0.2, 0.25) is 0 Å². The van der Waals surface area contributed by atoms with Gasteiger partial charge in [-0.05, 0) is 53.9 Å². The molecule has 3 aromatic rings. The molecule has 0 radical (unpaired) electrons. The first kappa shape index (κ1) is 12.8. The third-order valence-corrected chi connectivity index (χ3v) is 3.56. The third kappa shape index (κ3) is 2.28. The molecule has 0 aliphatic carbocycles. The van der Waals surface area contributed by atoms with Crippen molar-refractivity contribution < 1.29 is 4.39 Å². The van der Waals surface area contributed by atoms with Gasteiger partial charge in [0.1, 0.15) is 5.82 Å². The molecule has 1 unspecified atom stereocenters. The lowest BCUT2D eigenvalue weighted by Gasteiger charge is -2.16. The summed E-state index contributed by atoms with van der Waals surface area (Å²) in [6.07, 6.45) is 1.76. The molecule has 2 nitrogen and oxygen atoms in total. The van der Waals surface area contributed by atoms with Crippen molar-refractivity contribution in [3.05, 3.63) is 77.2 Å².